The summed E-state index contributed by atoms with van der Waals surface area (Å²) in [7, 11) is 0. The predicted octanol–water partition coefficient (Wildman–Crippen LogP) is 2.77. The summed E-state index contributed by atoms with van der Waals surface area (Å²) in [6.07, 6.45) is 6.04. The Kier molecular flexibility index (Phi) is 4.43. The number of rotatable bonds is 6. The van der Waals surface area contributed by atoms with Crippen LogP contribution in [0.4, 0.5) is 0 Å². The molecule has 0 fully saturated rings. The van der Waals surface area contributed by atoms with E-state index in [9.17, 15) is 5.11 Å². The molecule has 1 aliphatic heterocycles. The van der Waals surface area contributed by atoms with Gasteiger partial charge in [-0.15, -0.1) is 0 Å². The first kappa shape index (κ1) is 15.8. The van der Waals surface area contributed by atoms with Crippen LogP contribution in [0.3, 0.4) is 0 Å². The molecule has 1 aromatic carbocycles. The van der Waals surface area contributed by atoms with E-state index in [1.165, 1.54) is 0 Å². The predicted molar refractivity (Wildman–Crippen MR) is 91.6 cm³/mol. The Morgan fingerprint density at radius 3 is 2.84 bits per heavy atom. The summed E-state index contributed by atoms with van der Waals surface area (Å²) >= 11 is 0. The second-order valence-electron chi connectivity index (χ2n) is 6.09. The molecule has 0 saturated heterocycles. The quantitative estimate of drug-likeness (QED) is 0.747. The number of aliphatic hydroxyl groups excluding tert-OH is 1. The summed E-state index contributed by atoms with van der Waals surface area (Å²) in [5.41, 5.74) is 0.962. The molecule has 3 heterocycles. The average molecular weight is 340 g/mol. The van der Waals surface area contributed by atoms with Gasteiger partial charge >= 0.3 is 0 Å². The minimum absolute atomic E-state index is 0.0521. The monoisotopic (exact) mass is 340 g/mol. The van der Waals surface area contributed by atoms with Crippen molar-refractivity contribution in [1.29, 1.82) is 0 Å². The normalized spacial score (nSPS) is 14.4. The Hall–Kier alpha value is -2.73. The van der Waals surface area contributed by atoms with E-state index < -0.39 is 0 Å². The molecule has 1 aliphatic rings. The molecule has 0 spiro atoms. The second-order valence-corrected chi connectivity index (χ2v) is 6.09. The Bertz CT molecular complexity index is 826. The molecule has 0 amide bonds. The fourth-order valence-corrected chi connectivity index (χ4v) is 3.08. The van der Waals surface area contributed by atoms with Crippen LogP contribution in [0.2, 0.25) is 0 Å². The molecule has 0 bridgehead atoms. The van der Waals surface area contributed by atoms with Crippen molar-refractivity contribution in [1.82, 2.24) is 9.55 Å². The van der Waals surface area contributed by atoms with E-state index in [-0.39, 0.29) is 12.5 Å². The Morgan fingerprint density at radius 1 is 1.16 bits per heavy atom. The fraction of sp³-hybridized carbons (Fsp3) is 0.316. The van der Waals surface area contributed by atoms with Crippen molar-refractivity contribution in [2.24, 2.45) is 5.92 Å². The van der Waals surface area contributed by atoms with Crippen LogP contribution in [-0.2, 0) is 13.0 Å². The molecule has 0 unspecified atom stereocenters. The molecule has 0 saturated carbocycles. The van der Waals surface area contributed by atoms with Gasteiger partial charge in [-0.3, -0.25) is 0 Å². The topological polar surface area (TPSA) is 69.7 Å². The smallest absolute Gasteiger partial charge is 0.162 e. The van der Waals surface area contributed by atoms with E-state index >= 15 is 0 Å². The van der Waals surface area contributed by atoms with Crippen molar-refractivity contribution in [3.63, 3.8) is 0 Å². The first-order valence-electron chi connectivity index (χ1n) is 8.38. The zero-order valence-corrected chi connectivity index (χ0v) is 13.8. The van der Waals surface area contributed by atoms with Crippen LogP contribution >= 0.6 is 0 Å². The summed E-state index contributed by atoms with van der Waals surface area (Å²) in [5, 5.41) is 9.73. The summed E-state index contributed by atoms with van der Waals surface area (Å²) < 4.78 is 18.7. The number of fused-ring (bicyclic) bond motifs is 1. The zero-order chi connectivity index (χ0) is 17.1. The number of ether oxygens (including phenoxy) is 2. The van der Waals surface area contributed by atoms with Crippen molar-refractivity contribution >= 4 is 0 Å². The van der Waals surface area contributed by atoms with Gasteiger partial charge in [0.1, 0.15) is 24.8 Å². The van der Waals surface area contributed by atoms with Gasteiger partial charge in [-0.2, -0.15) is 0 Å². The SMILES string of the molecule is OC[C@H](Cc1ccco1)Cn1ccnc1-c1ccc2c(c1)OCCO2. The van der Waals surface area contributed by atoms with Gasteiger partial charge in [-0.1, -0.05) is 0 Å². The molecule has 130 valence electrons. The van der Waals surface area contributed by atoms with Crippen molar-refractivity contribution in [2.75, 3.05) is 19.8 Å². The molecule has 0 radical (unpaired) electrons. The van der Waals surface area contributed by atoms with Crippen LogP contribution < -0.4 is 9.47 Å². The largest absolute Gasteiger partial charge is 0.486 e. The number of imidazole rings is 1. The highest BCUT2D eigenvalue weighted by molar-refractivity contribution is 5.61. The van der Waals surface area contributed by atoms with Gasteiger partial charge < -0.3 is 23.6 Å². The highest BCUT2D eigenvalue weighted by Crippen LogP contribution is 2.34. The van der Waals surface area contributed by atoms with Crippen LogP contribution in [0.15, 0.2) is 53.4 Å². The van der Waals surface area contributed by atoms with Gasteiger partial charge in [0, 0.05) is 43.4 Å². The standard InChI is InChI=1S/C19H20N2O4/c22-13-14(10-16-2-1-7-23-16)12-21-6-5-20-19(21)15-3-4-17-18(11-15)25-9-8-24-17/h1-7,11,14,22H,8-10,12-13H2/t14-/m1/s1. The Morgan fingerprint density at radius 2 is 2.04 bits per heavy atom. The van der Waals surface area contributed by atoms with E-state index in [2.05, 4.69) is 9.55 Å². The van der Waals surface area contributed by atoms with Crippen molar-refractivity contribution in [3.05, 3.63) is 54.7 Å². The van der Waals surface area contributed by atoms with E-state index in [1.807, 2.05) is 36.5 Å². The van der Waals surface area contributed by atoms with Gasteiger partial charge in [0.2, 0.25) is 0 Å². The first-order chi connectivity index (χ1) is 12.3. The van der Waals surface area contributed by atoms with Gasteiger partial charge in [0.15, 0.2) is 11.5 Å². The number of hydrogen-bond acceptors (Lipinski definition) is 5. The minimum atomic E-state index is 0.0521. The average Bonchev–Trinajstić information content (AvgIpc) is 3.32. The number of benzene rings is 1. The lowest BCUT2D eigenvalue weighted by Gasteiger charge is -2.19. The Balaban J connectivity index is 1.55. The van der Waals surface area contributed by atoms with E-state index in [0.29, 0.717) is 26.2 Å². The Labute approximate surface area is 145 Å². The van der Waals surface area contributed by atoms with E-state index in [1.54, 1.807) is 12.5 Å². The van der Waals surface area contributed by atoms with Gasteiger partial charge in [-0.05, 0) is 30.3 Å². The maximum Gasteiger partial charge on any atom is 0.162 e. The first-order valence-corrected chi connectivity index (χ1v) is 8.38. The van der Waals surface area contributed by atoms with E-state index in [4.69, 9.17) is 13.9 Å². The lowest BCUT2D eigenvalue weighted by atomic mass is 10.0. The van der Waals surface area contributed by atoms with Crippen LogP contribution in [0.5, 0.6) is 11.5 Å². The van der Waals surface area contributed by atoms with Gasteiger partial charge in [0.05, 0.1) is 6.26 Å². The highest BCUT2D eigenvalue weighted by Gasteiger charge is 2.17. The minimum Gasteiger partial charge on any atom is -0.486 e. The maximum atomic E-state index is 9.73. The summed E-state index contributed by atoms with van der Waals surface area (Å²) in [4.78, 5) is 4.48. The second kappa shape index (κ2) is 7.03. The third kappa shape index (κ3) is 3.39. The number of nitrogens with zero attached hydrogens (tertiary/aromatic N) is 2. The molecule has 6 nitrogen and oxygen atoms in total. The number of aromatic nitrogens is 2. The number of aliphatic hydroxyl groups is 1. The number of hydrogen-bond donors (Lipinski definition) is 1. The lowest BCUT2D eigenvalue weighted by Crippen LogP contribution is -2.17. The summed E-state index contributed by atoms with van der Waals surface area (Å²) in [5.74, 6) is 3.28. The van der Waals surface area contributed by atoms with Crippen LogP contribution in [0.1, 0.15) is 5.76 Å². The molecule has 1 atom stereocenters. The fourth-order valence-electron chi connectivity index (χ4n) is 3.08. The molecule has 6 heteroatoms. The van der Waals surface area contributed by atoms with Gasteiger partial charge in [0.25, 0.3) is 0 Å². The molecule has 3 aromatic rings. The highest BCUT2D eigenvalue weighted by atomic mass is 16.6. The molecule has 4 rings (SSSR count). The molecule has 1 N–H and O–H groups in total. The molecule has 2 aromatic heterocycles. The van der Waals surface area contributed by atoms with Crippen molar-refractivity contribution in [2.45, 2.75) is 13.0 Å². The van der Waals surface area contributed by atoms with Crippen LogP contribution in [-0.4, -0.2) is 34.5 Å². The third-order valence-corrected chi connectivity index (χ3v) is 4.30. The van der Waals surface area contributed by atoms with E-state index in [0.717, 1.165) is 28.6 Å². The summed E-state index contributed by atoms with van der Waals surface area (Å²) in [6, 6.07) is 9.63. The van der Waals surface area contributed by atoms with Crippen LogP contribution in [0, 0.1) is 5.92 Å². The summed E-state index contributed by atoms with van der Waals surface area (Å²) in [6.45, 7) is 1.87. The zero-order valence-electron chi connectivity index (χ0n) is 13.8. The van der Waals surface area contributed by atoms with Crippen molar-refractivity contribution < 1.29 is 19.0 Å². The number of furan rings is 1. The van der Waals surface area contributed by atoms with Crippen molar-refractivity contribution in [3.8, 4) is 22.9 Å². The molecule has 0 aliphatic carbocycles. The molecular weight excluding hydrogens is 320 g/mol. The molecular formula is C19H20N2O4. The maximum absolute atomic E-state index is 9.73. The van der Waals surface area contributed by atoms with Gasteiger partial charge in [-0.25, -0.2) is 4.98 Å². The molecule has 25 heavy (non-hydrogen) atoms. The van der Waals surface area contributed by atoms with Crippen LogP contribution in [0.25, 0.3) is 11.4 Å². The lowest BCUT2D eigenvalue weighted by molar-refractivity contribution is 0.171. The third-order valence-electron chi connectivity index (χ3n) is 4.30.